The van der Waals surface area contributed by atoms with Crippen LogP contribution >= 0.6 is 0 Å². The van der Waals surface area contributed by atoms with E-state index in [4.69, 9.17) is 0 Å². The third-order valence-corrected chi connectivity index (χ3v) is 4.92. The Morgan fingerprint density at radius 3 is 2.65 bits per heavy atom. The van der Waals surface area contributed by atoms with Crippen molar-refractivity contribution in [2.45, 2.75) is 25.7 Å². The maximum atomic E-state index is 4.65. The summed E-state index contributed by atoms with van der Waals surface area (Å²) in [6.07, 6.45) is 6.42. The number of anilines is 2. The van der Waals surface area contributed by atoms with Crippen LogP contribution in [0.2, 0.25) is 0 Å². The molecule has 1 aliphatic rings. The molecule has 0 aliphatic carbocycles. The maximum absolute atomic E-state index is 4.65. The van der Waals surface area contributed by atoms with E-state index in [-0.39, 0.29) is 0 Å². The summed E-state index contributed by atoms with van der Waals surface area (Å²) >= 11 is 0. The van der Waals surface area contributed by atoms with E-state index in [2.05, 4.69) is 74.7 Å². The van der Waals surface area contributed by atoms with Gasteiger partial charge in [-0.25, -0.2) is 0 Å². The first-order chi connectivity index (χ1) is 12.7. The van der Waals surface area contributed by atoms with E-state index in [9.17, 15) is 0 Å². The lowest BCUT2D eigenvalue weighted by Crippen LogP contribution is -2.35. The fourth-order valence-electron chi connectivity index (χ4n) is 3.43. The van der Waals surface area contributed by atoms with E-state index in [1.165, 1.54) is 24.8 Å². The van der Waals surface area contributed by atoms with E-state index in [0.717, 1.165) is 44.3 Å². The minimum Gasteiger partial charge on any atom is -0.355 e. The van der Waals surface area contributed by atoms with E-state index in [1.54, 1.807) is 6.20 Å². The molecule has 1 N–H and O–H groups in total. The molecule has 6 heteroatoms. The van der Waals surface area contributed by atoms with Gasteiger partial charge in [-0.3, -0.25) is 0 Å². The molecule has 1 aliphatic heterocycles. The number of hydrogen-bond acceptors (Lipinski definition) is 6. The van der Waals surface area contributed by atoms with Crippen LogP contribution in [0, 0.1) is 5.92 Å². The Hall–Kier alpha value is -2.21. The van der Waals surface area contributed by atoms with Crippen molar-refractivity contribution in [1.82, 2.24) is 20.1 Å². The Bertz CT molecular complexity index is 652. The molecule has 2 heterocycles. The second-order valence-corrected chi connectivity index (χ2v) is 7.34. The topological polar surface area (TPSA) is 57.2 Å². The molecular formula is C20H30N6. The molecule has 0 atom stereocenters. The highest BCUT2D eigenvalue weighted by atomic mass is 15.3. The van der Waals surface area contributed by atoms with Crippen molar-refractivity contribution in [3.63, 3.8) is 0 Å². The highest BCUT2D eigenvalue weighted by Gasteiger charge is 2.21. The van der Waals surface area contributed by atoms with Crippen LogP contribution in [0.25, 0.3) is 0 Å². The van der Waals surface area contributed by atoms with Crippen LogP contribution in [0.3, 0.4) is 0 Å². The Balaban J connectivity index is 1.47. The average Bonchev–Trinajstić information content (AvgIpc) is 2.67. The highest BCUT2D eigenvalue weighted by molar-refractivity contribution is 5.40. The molecule has 3 rings (SSSR count). The largest absolute Gasteiger partial charge is 0.355 e. The van der Waals surface area contributed by atoms with Gasteiger partial charge in [-0.2, -0.15) is 10.1 Å². The van der Waals surface area contributed by atoms with Crippen LogP contribution in [0.4, 0.5) is 11.8 Å². The number of nitrogens with one attached hydrogen (secondary N) is 1. The van der Waals surface area contributed by atoms with Gasteiger partial charge in [-0.05, 0) is 57.8 Å². The Labute approximate surface area is 156 Å². The number of piperidine rings is 1. The molecule has 1 fully saturated rings. The normalized spacial score (nSPS) is 15.4. The maximum Gasteiger partial charge on any atom is 0.244 e. The van der Waals surface area contributed by atoms with Crippen molar-refractivity contribution in [2.24, 2.45) is 5.92 Å². The summed E-state index contributed by atoms with van der Waals surface area (Å²) in [4.78, 5) is 9.16. The Kier molecular flexibility index (Phi) is 6.77. The standard InChI is InChI=1S/C20H30N6/c1-25(2)12-6-11-21-20-23-19(16-22-24-20)26-13-9-18(10-14-26)15-17-7-4-3-5-8-17/h3-5,7-8,16,18H,6,9-15H2,1-2H3,(H,21,23,24). The third kappa shape index (κ3) is 5.66. The summed E-state index contributed by atoms with van der Waals surface area (Å²) < 4.78 is 0. The van der Waals surface area contributed by atoms with Crippen LogP contribution in [-0.4, -0.2) is 60.4 Å². The van der Waals surface area contributed by atoms with Crippen molar-refractivity contribution in [3.05, 3.63) is 42.1 Å². The fraction of sp³-hybridized carbons (Fsp3) is 0.550. The van der Waals surface area contributed by atoms with Crippen LogP contribution in [0.15, 0.2) is 36.5 Å². The van der Waals surface area contributed by atoms with Gasteiger partial charge in [0.25, 0.3) is 0 Å². The summed E-state index contributed by atoms with van der Waals surface area (Å²) in [6, 6.07) is 10.8. The quantitative estimate of drug-likeness (QED) is 0.736. The Morgan fingerprint density at radius 1 is 1.15 bits per heavy atom. The first-order valence-electron chi connectivity index (χ1n) is 9.58. The first kappa shape index (κ1) is 18.6. The summed E-state index contributed by atoms with van der Waals surface area (Å²) in [5.74, 6) is 2.33. The smallest absolute Gasteiger partial charge is 0.244 e. The Morgan fingerprint density at radius 2 is 1.92 bits per heavy atom. The molecule has 0 unspecified atom stereocenters. The van der Waals surface area contributed by atoms with Gasteiger partial charge in [0.2, 0.25) is 5.95 Å². The minimum absolute atomic E-state index is 0.632. The van der Waals surface area contributed by atoms with Crippen LogP contribution in [0.5, 0.6) is 0 Å². The average molecular weight is 355 g/mol. The van der Waals surface area contributed by atoms with Crippen LogP contribution in [-0.2, 0) is 6.42 Å². The second kappa shape index (κ2) is 9.48. The molecule has 0 amide bonds. The molecule has 1 aromatic heterocycles. The van der Waals surface area contributed by atoms with E-state index in [1.807, 2.05) is 0 Å². The van der Waals surface area contributed by atoms with Gasteiger partial charge in [0.15, 0.2) is 5.82 Å². The SMILES string of the molecule is CN(C)CCCNc1nncc(N2CCC(Cc3ccccc3)CC2)n1. The molecule has 26 heavy (non-hydrogen) atoms. The lowest BCUT2D eigenvalue weighted by atomic mass is 9.90. The van der Waals surface area contributed by atoms with E-state index >= 15 is 0 Å². The molecule has 0 radical (unpaired) electrons. The zero-order chi connectivity index (χ0) is 18.2. The van der Waals surface area contributed by atoms with Gasteiger partial charge in [0.05, 0.1) is 6.20 Å². The molecule has 1 aromatic carbocycles. The van der Waals surface area contributed by atoms with Gasteiger partial charge in [-0.15, -0.1) is 5.10 Å². The molecule has 140 valence electrons. The van der Waals surface area contributed by atoms with Crippen LogP contribution < -0.4 is 10.2 Å². The predicted molar refractivity (Wildman–Crippen MR) is 107 cm³/mol. The zero-order valence-corrected chi connectivity index (χ0v) is 15.9. The number of nitrogens with zero attached hydrogens (tertiary/aromatic N) is 5. The fourth-order valence-corrected chi connectivity index (χ4v) is 3.43. The van der Waals surface area contributed by atoms with Crippen molar-refractivity contribution in [3.8, 4) is 0 Å². The van der Waals surface area contributed by atoms with Gasteiger partial charge in [0.1, 0.15) is 0 Å². The monoisotopic (exact) mass is 354 g/mol. The van der Waals surface area contributed by atoms with Gasteiger partial charge in [-0.1, -0.05) is 30.3 Å². The molecular weight excluding hydrogens is 324 g/mol. The second-order valence-electron chi connectivity index (χ2n) is 7.34. The molecule has 6 nitrogen and oxygen atoms in total. The van der Waals surface area contributed by atoms with Gasteiger partial charge in [0, 0.05) is 19.6 Å². The molecule has 0 saturated carbocycles. The van der Waals surface area contributed by atoms with E-state index in [0.29, 0.717) is 5.95 Å². The van der Waals surface area contributed by atoms with Crippen molar-refractivity contribution < 1.29 is 0 Å². The lowest BCUT2D eigenvalue weighted by Gasteiger charge is -2.32. The number of benzene rings is 1. The number of aromatic nitrogens is 3. The summed E-state index contributed by atoms with van der Waals surface area (Å²) in [5.41, 5.74) is 1.44. The predicted octanol–water partition coefficient (Wildman–Crippen LogP) is 2.69. The van der Waals surface area contributed by atoms with E-state index < -0.39 is 0 Å². The highest BCUT2D eigenvalue weighted by Crippen LogP contribution is 2.24. The molecule has 0 bridgehead atoms. The zero-order valence-electron chi connectivity index (χ0n) is 15.9. The first-order valence-corrected chi connectivity index (χ1v) is 9.58. The summed E-state index contributed by atoms with van der Waals surface area (Å²) in [6.45, 7) is 3.99. The summed E-state index contributed by atoms with van der Waals surface area (Å²) in [5, 5.41) is 11.5. The number of rotatable bonds is 8. The van der Waals surface area contributed by atoms with Gasteiger partial charge < -0.3 is 15.1 Å². The lowest BCUT2D eigenvalue weighted by molar-refractivity contribution is 0.401. The molecule has 1 saturated heterocycles. The van der Waals surface area contributed by atoms with Crippen LogP contribution in [0.1, 0.15) is 24.8 Å². The summed E-state index contributed by atoms with van der Waals surface area (Å²) in [7, 11) is 4.17. The van der Waals surface area contributed by atoms with Crippen molar-refractivity contribution >= 4 is 11.8 Å². The third-order valence-electron chi connectivity index (χ3n) is 4.92. The van der Waals surface area contributed by atoms with Crippen molar-refractivity contribution in [2.75, 3.05) is 50.5 Å². The molecule has 0 spiro atoms. The van der Waals surface area contributed by atoms with Gasteiger partial charge >= 0.3 is 0 Å². The minimum atomic E-state index is 0.632. The molecule has 2 aromatic rings. The number of hydrogen-bond donors (Lipinski definition) is 1. The van der Waals surface area contributed by atoms with Crippen molar-refractivity contribution in [1.29, 1.82) is 0 Å².